The number of fused-ring (bicyclic) bond motifs is 5. The smallest absolute Gasteiger partial charge is 0.165 e. The van der Waals surface area contributed by atoms with Crippen LogP contribution in [0.1, 0.15) is 69.9 Å². The van der Waals surface area contributed by atoms with Crippen LogP contribution >= 0.6 is 0 Å². The predicted octanol–water partition coefficient (Wildman–Crippen LogP) is 6.03. The number of hydrogen-bond donors (Lipinski definition) is 0. The predicted molar refractivity (Wildman–Crippen MR) is 95.9 cm³/mol. The number of allylic oxidation sites excluding steroid dienone is 2. The minimum Gasteiger partial charge on any atom is -0.491 e. The Morgan fingerprint density at radius 3 is 2.83 bits per heavy atom. The molecule has 4 atom stereocenters. The van der Waals surface area contributed by atoms with Gasteiger partial charge in [-0.25, -0.2) is 4.39 Å². The van der Waals surface area contributed by atoms with Gasteiger partial charge in [-0.2, -0.15) is 0 Å². The van der Waals surface area contributed by atoms with Gasteiger partial charge in [0, 0.05) is 0 Å². The Morgan fingerprint density at radius 2 is 2.08 bits per heavy atom. The van der Waals surface area contributed by atoms with Crippen molar-refractivity contribution in [3.05, 3.63) is 40.7 Å². The lowest BCUT2D eigenvalue weighted by Gasteiger charge is -2.49. The fourth-order valence-electron chi connectivity index (χ4n) is 6.16. The summed E-state index contributed by atoms with van der Waals surface area (Å²) in [6.45, 7) is 7.16. The monoisotopic (exact) mass is 328 g/mol. The average molecular weight is 328 g/mol. The van der Waals surface area contributed by atoms with E-state index in [9.17, 15) is 4.39 Å². The van der Waals surface area contributed by atoms with Crippen LogP contribution in [0, 0.1) is 23.1 Å². The summed E-state index contributed by atoms with van der Waals surface area (Å²) in [5, 5.41) is 0. The van der Waals surface area contributed by atoms with Gasteiger partial charge in [0.15, 0.2) is 11.6 Å². The third kappa shape index (κ3) is 2.25. The Labute approximate surface area is 145 Å². The Kier molecular flexibility index (Phi) is 3.97. The molecular weight excluding hydrogens is 299 g/mol. The second kappa shape index (κ2) is 5.89. The van der Waals surface area contributed by atoms with Gasteiger partial charge in [-0.15, -0.1) is 0 Å². The summed E-state index contributed by atoms with van der Waals surface area (Å²) in [6.07, 6.45) is 9.76. The van der Waals surface area contributed by atoms with Crippen molar-refractivity contribution in [1.82, 2.24) is 0 Å². The van der Waals surface area contributed by atoms with E-state index in [1.165, 1.54) is 43.2 Å². The topological polar surface area (TPSA) is 9.23 Å². The fourth-order valence-corrected chi connectivity index (χ4v) is 6.16. The first-order chi connectivity index (χ1) is 11.6. The highest BCUT2D eigenvalue weighted by Gasteiger charge is 2.52. The Balaban J connectivity index is 1.70. The van der Waals surface area contributed by atoms with Gasteiger partial charge in [-0.1, -0.05) is 18.6 Å². The van der Waals surface area contributed by atoms with E-state index in [0.717, 1.165) is 18.3 Å². The van der Waals surface area contributed by atoms with Crippen molar-refractivity contribution in [3.63, 3.8) is 0 Å². The van der Waals surface area contributed by atoms with E-state index < -0.39 is 0 Å². The second-order valence-corrected chi connectivity index (χ2v) is 8.14. The Morgan fingerprint density at radius 1 is 1.25 bits per heavy atom. The van der Waals surface area contributed by atoms with Crippen molar-refractivity contribution >= 4 is 0 Å². The van der Waals surface area contributed by atoms with Gasteiger partial charge in [-0.3, -0.25) is 0 Å². The molecule has 1 aromatic carbocycles. The molecule has 2 fully saturated rings. The minimum atomic E-state index is -0.188. The number of aryl methyl sites for hydroxylation is 1. The van der Waals surface area contributed by atoms with Crippen LogP contribution in [-0.4, -0.2) is 6.61 Å². The number of ether oxygens (including phenoxy) is 1. The third-order valence-electron chi connectivity index (χ3n) is 7.27. The molecule has 1 nitrogen and oxygen atoms in total. The van der Waals surface area contributed by atoms with Crippen LogP contribution in [0.2, 0.25) is 0 Å². The van der Waals surface area contributed by atoms with Crippen molar-refractivity contribution in [2.45, 2.75) is 65.2 Å². The average Bonchev–Trinajstić information content (AvgIpc) is 2.92. The summed E-state index contributed by atoms with van der Waals surface area (Å²) < 4.78 is 19.8. The van der Waals surface area contributed by atoms with E-state index in [2.05, 4.69) is 19.9 Å². The van der Waals surface area contributed by atoms with Crippen LogP contribution in [0.25, 0.3) is 0 Å². The highest BCUT2D eigenvalue weighted by atomic mass is 19.1. The van der Waals surface area contributed by atoms with Gasteiger partial charge >= 0.3 is 0 Å². The van der Waals surface area contributed by atoms with Crippen molar-refractivity contribution in [1.29, 1.82) is 0 Å². The summed E-state index contributed by atoms with van der Waals surface area (Å²) in [5.41, 5.74) is 4.71. The van der Waals surface area contributed by atoms with Gasteiger partial charge in [0.25, 0.3) is 0 Å². The molecule has 2 saturated carbocycles. The fraction of sp³-hybridized carbons (Fsp3) is 0.636. The maximum absolute atomic E-state index is 14.2. The van der Waals surface area contributed by atoms with Gasteiger partial charge in [0.05, 0.1) is 6.61 Å². The summed E-state index contributed by atoms with van der Waals surface area (Å²) in [5.74, 6) is 2.42. The SMILES string of the molecule is CC=C1CCC2C3CCc4cc(F)c(OCC)cc4C3CC[C@]12C. The molecule has 2 heteroatoms. The summed E-state index contributed by atoms with van der Waals surface area (Å²) in [4.78, 5) is 0. The molecule has 0 radical (unpaired) electrons. The molecule has 0 heterocycles. The molecule has 0 saturated heterocycles. The molecule has 3 unspecified atom stereocenters. The molecule has 0 aromatic heterocycles. The first kappa shape index (κ1) is 16.2. The molecular formula is C22H29FO. The van der Waals surface area contributed by atoms with E-state index in [0.29, 0.717) is 23.7 Å². The first-order valence-electron chi connectivity index (χ1n) is 9.69. The van der Waals surface area contributed by atoms with Gasteiger partial charge < -0.3 is 4.74 Å². The molecule has 4 rings (SSSR count). The molecule has 3 aliphatic rings. The molecule has 130 valence electrons. The van der Waals surface area contributed by atoms with Crippen LogP contribution in [0.3, 0.4) is 0 Å². The van der Waals surface area contributed by atoms with Crippen LogP contribution in [0.15, 0.2) is 23.8 Å². The summed E-state index contributed by atoms with van der Waals surface area (Å²) >= 11 is 0. The largest absolute Gasteiger partial charge is 0.491 e. The molecule has 3 aliphatic carbocycles. The van der Waals surface area contributed by atoms with Crippen LogP contribution in [0.5, 0.6) is 5.75 Å². The molecule has 0 bridgehead atoms. The number of rotatable bonds is 2. The van der Waals surface area contributed by atoms with E-state index in [1.807, 2.05) is 13.0 Å². The molecule has 0 amide bonds. The van der Waals surface area contributed by atoms with Crippen molar-refractivity contribution < 1.29 is 9.13 Å². The lowest BCUT2D eigenvalue weighted by molar-refractivity contribution is 0.0811. The summed E-state index contributed by atoms with van der Waals surface area (Å²) in [6, 6.07) is 3.77. The van der Waals surface area contributed by atoms with E-state index in [-0.39, 0.29) is 5.82 Å². The van der Waals surface area contributed by atoms with E-state index in [1.54, 1.807) is 11.6 Å². The van der Waals surface area contributed by atoms with Crippen LogP contribution < -0.4 is 4.74 Å². The van der Waals surface area contributed by atoms with Gasteiger partial charge in [-0.05, 0) is 98.8 Å². The zero-order valence-corrected chi connectivity index (χ0v) is 15.2. The summed E-state index contributed by atoms with van der Waals surface area (Å²) in [7, 11) is 0. The third-order valence-corrected chi connectivity index (χ3v) is 7.27. The van der Waals surface area contributed by atoms with E-state index >= 15 is 0 Å². The molecule has 1 aromatic rings. The van der Waals surface area contributed by atoms with Gasteiger partial charge in [0.2, 0.25) is 0 Å². The number of halogens is 1. The highest BCUT2D eigenvalue weighted by Crippen LogP contribution is 2.62. The second-order valence-electron chi connectivity index (χ2n) is 8.14. The first-order valence-corrected chi connectivity index (χ1v) is 9.69. The quantitative estimate of drug-likeness (QED) is 0.603. The lowest BCUT2D eigenvalue weighted by Crippen LogP contribution is -2.40. The van der Waals surface area contributed by atoms with E-state index in [4.69, 9.17) is 4.74 Å². The Bertz CT molecular complexity index is 677. The van der Waals surface area contributed by atoms with Crippen LogP contribution in [-0.2, 0) is 6.42 Å². The van der Waals surface area contributed by atoms with Crippen molar-refractivity contribution in [2.75, 3.05) is 6.61 Å². The van der Waals surface area contributed by atoms with Crippen molar-refractivity contribution in [3.8, 4) is 5.75 Å². The lowest BCUT2D eigenvalue weighted by atomic mass is 9.55. The number of hydrogen-bond acceptors (Lipinski definition) is 1. The molecule has 0 spiro atoms. The zero-order valence-electron chi connectivity index (χ0n) is 15.2. The minimum absolute atomic E-state index is 0.188. The maximum atomic E-state index is 14.2. The van der Waals surface area contributed by atoms with Gasteiger partial charge in [0.1, 0.15) is 0 Å². The normalized spacial score (nSPS) is 36.2. The molecule has 24 heavy (non-hydrogen) atoms. The van der Waals surface area contributed by atoms with Crippen LogP contribution in [0.4, 0.5) is 4.39 Å². The standard InChI is InChI=1S/C22H29FO/c1-4-15-7-9-19-17-8-6-14-12-20(23)21(24-5-2)13-18(14)16(17)10-11-22(15,19)3/h4,12-13,16-17,19H,5-11H2,1-3H3/t16?,17?,19?,22-/m1/s1. The zero-order chi connectivity index (χ0) is 16.9. The number of benzene rings is 1. The Hall–Kier alpha value is -1.31. The molecule has 0 N–H and O–H groups in total. The molecule has 0 aliphatic heterocycles. The highest BCUT2D eigenvalue weighted by molar-refractivity contribution is 5.42. The maximum Gasteiger partial charge on any atom is 0.165 e. The van der Waals surface area contributed by atoms with Crippen molar-refractivity contribution in [2.24, 2.45) is 17.3 Å².